The highest BCUT2D eigenvalue weighted by atomic mass is 16.5. The molecule has 1 fully saturated rings. The van der Waals surface area contributed by atoms with E-state index in [2.05, 4.69) is 15.8 Å². The van der Waals surface area contributed by atoms with Gasteiger partial charge in [0.1, 0.15) is 24.4 Å². The van der Waals surface area contributed by atoms with Crippen LogP contribution in [0.5, 0.6) is 0 Å². The van der Waals surface area contributed by atoms with E-state index in [1.165, 1.54) is 6.92 Å². The lowest BCUT2D eigenvalue weighted by Crippen LogP contribution is -2.63. The van der Waals surface area contributed by atoms with Gasteiger partial charge in [-0.2, -0.15) is 4.91 Å². The predicted octanol–water partition coefficient (Wildman–Crippen LogP) is 2.36. The van der Waals surface area contributed by atoms with Crippen molar-refractivity contribution in [3.05, 3.63) is 65.1 Å². The lowest BCUT2D eigenvalue weighted by atomic mass is 9.87. The van der Waals surface area contributed by atoms with Crippen molar-refractivity contribution >= 4 is 17.6 Å². The zero-order chi connectivity index (χ0) is 27.7. The molecule has 2 aromatic carbocycles. The number of aliphatic hydroxyl groups is 2. The SMILES string of the molecule is CCCCC(=O)C1CC(N=O)C(NC(C)=O)C(C(O)C(O)CNC(=O)c2ccc(-c3ccccc3)cc2)O1. The van der Waals surface area contributed by atoms with Gasteiger partial charge in [-0.25, -0.2) is 0 Å². The minimum absolute atomic E-state index is 0.0357. The number of ketones is 1. The molecule has 10 nitrogen and oxygen atoms in total. The average molecular weight is 526 g/mol. The summed E-state index contributed by atoms with van der Waals surface area (Å²) >= 11 is 0. The smallest absolute Gasteiger partial charge is 0.251 e. The quantitative estimate of drug-likeness (QED) is 0.310. The maximum absolute atomic E-state index is 12.7. The van der Waals surface area contributed by atoms with Gasteiger partial charge in [0.25, 0.3) is 5.91 Å². The average Bonchev–Trinajstić information content (AvgIpc) is 2.94. The summed E-state index contributed by atoms with van der Waals surface area (Å²) in [6.07, 6.45) is -3.79. The maximum atomic E-state index is 12.7. The number of rotatable bonds is 12. The molecule has 1 aliphatic heterocycles. The lowest BCUT2D eigenvalue weighted by molar-refractivity contribution is -0.167. The number of benzene rings is 2. The number of carbonyl (C=O) groups excluding carboxylic acids is 3. The van der Waals surface area contributed by atoms with Crippen LogP contribution in [0.3, 0.4) is 0 Å². The number of nitrogens with one attached hydrogen (secondary N) is 2. The number of aliphatic hydroxyl groups excluding tert-OH is 2. The van der Waals surface area contributed by atoms with Gasteiger partial charge in [0, 0.05) is 31.9 Å². The first-order valence-corrected chi connectivity index (χ1v) is 12.8. The summed E-state index contributed by atoms with van der Waals surface area (Å²) in [5, 5.41) is 29.8. The fourth-order valence-electron chi connectivity index (χ4n) is 4.53. The number of hydrogen-bond acceptors (Lipinski definition) is 8. The van der Waals surface area contributed by atoms with Gasteiger partial charge in [-0.05, 0) is 29.7 Å². The van der Waals surface area contributed by atoms with Crippen molar-refractivity contribution in [1.82, 2.24) is 10.6 Å². The van der Waals surface area contributed by atoms with E-state index in [0.29, 0.717) is 12.0 Å². The Morgan fingerprint density at radius 3 is 2.32 bits per heavy atom. The third kappa shape index (κ3) is 7.53. The first-order valence-electron chi connectivity index (χ1n) is 12.8. The number of ether oxygens (including phenoxy) is 1. The first kappa shape index (κ1) is 29.1. The summed E-state index contributed by atoms with van der Waals surface area (Å²) in [6, 6.07) is 14.5. The molecule has 0 radical (unpaired) electrons. The van der Waals surface area contributed by atoms with E-state index >= 15 is 0 Å². The Hall–Kier alpha value is -3.47. The van der Waals surface area contributed by atoms with E-state index in [4.69, 9.17) is 4.74 Å². The first-order chi connectivity index (χ1) is 18.2. The molecule has 1 aliphatic rings. The van der Waals surface area contributed by atoms with E-state index in [0.717, 1.165) is 17.5 Å². The summed E-state index contributed by atoms with van der Waals surface area (Å²) in [6.45, 7) is 2.84. The van der Waals surface area contributed by atoms with E-state index in [9.17, 15) is 29.5 Å². The maximum Gasteiger partial charge on any atom is 0.251 e. The second kappa shape index (κ2) is 13.9. The normalized spacial score (nSPS) is 22.6. The van der Waals surface area contributed by atoms with Gasteiger partial charge < -0.3 is 25.6 Å². The van der Waals surface area contributed by atoms with Gasteiger partial charge in [-0.1, -0.05) is 61.0 Å². The molecule has 0 aliphatic carbocycles. The molecule has 1 saturated heterocycles. The molecule has 6 atom stereocenters. The molecule has 0 saturated carbocycles. The zero-order valence-electron chi connectivity index (χ0n) is 21.6. The number of carbonyl (C=O) groups is 3. The summed E-state index contributed by atoms with van der Waals surface area (Å²) in [7, 11) is 0. The lowest BCUT2D eigenvalue weighted by Gasteiger charge is -2.42. The Morgan fingerprint density at radius 2 is 1.71 bits per heavy atom. The van der Waals surface area contributed by atoms with Crippen molar-refractivity contribution in [2.75, 3.05) is 6.54 Å². The summed E-state index contributed by atoms with van der Waals surface area (Å²) in [5.74, 6) is -1.18. The largest absolute Gasteiger partial charge is 0.388 e. The molecule has 38 heavy (non-hydrogen) atoms. The van der Waals surface area contributed by atoms with Crippen molar-refractivity contribution in [3.63, 3.8) is 0 Å². The highest BCUT2D eigenvalue weighted by Gasteiger charge is 2.47. The highest BCUT2D eigenvalue weighted by molar-refractivity contribution is 5.94. The molecule has 3 rings (SSSR count). The van der Waals surface area contributed by atoms with Crippen LogP contribution in [0, 0.1) is 4.91 Å². The number of hydrogen-bond donors (Lipinski definition) is 4. The van der Waals surface area contributed by atoms with Crippen molar-refractivity contribution in [2.45, 2.75) is 76.0 Å². The number of unbranched alkanes of at least 4 members (excludes halogenated alkanes) is 1. The van der Waals surface area contributed by atoms with Crippen LogP contribution in [0.4, 0.5) is 0 Å². The molecule has 4 N–H and O–H groups in total. The van der Waals surface area contributed by atoms with Crippen LogP contribution in [0.15, 0.2) is 59.8 Å². The number of nitroso groups, excluding NO2 is 1. The number of nitrogens with zero attached hydrogens (tertiary/aromatic N) is 1. The fraction of sp³-hybridized carbons (Fsp3) is 0.464. The van der Waals surface area contributed by atoms with Gasteiger partial charge in [0.15, 0.2) is 5.78 Å². The third-order valence-corrected chi connectivity index (χ3v) is 6.64. The molecule has 2 amide bonds. The Kier molecular flexibility index (Phi) is 10.6. The summed E-state index contributed by atoms with van der Waals surface area (Å²) < 4.78 is 5.83. The van der Waals surface area contributed by atoms with Crippen LogP contribution in [0.2, 0.25) is 0 Å². The molecular formula is C28H35N3O7. The molecule has 204 valence electrons. The van der Waals surface area contributed by atoms with Gasteiger partial charge in [-0.3, -0.25) is 14.4 Å². The molecule has 0 spiro atoms. The van der Waals surface area contributed by atoms with Gasteiger partial charge >= 0.3 is 0 Å². The topological polar surface area (TPSA) is 154 Å². The number of Topliss-reactive ketones (excluding diaryl/α,β-unsaturated/α-hetero) is 1. The Bertz CT molecular complexity index is 1090. The van der Waals surface area contributed by atoms with Crippen LogP contribution in [-0.2, 0) is 14.3 Å². The molecule has 2 aromatic rings. The molecule has 0 bridgehead atoms. The Balaban J connectivity index is 1.67. The van der Waals surface area contributed by atoms with Gasteiger partial charge in [0.05, 0.1) is 12.1 Å². The van der Waals surface area contributed by atoms with E-state index in [-0.39, 0.29) is 25.2 Å². The molecule has 0 aromatic heterocycles. The second-order valence-corrected chi connectivity index (χ2v) is 9.51. The monoisotopic (exact) mass is 525 g/mol. The molecule has 1 heterocycles. The molecule has 10 heteroatoms. The molecule has 6 unspecified atom stereocenters. The van der Waals surface area contributed by atoms with E-state index in [1.807, 2.05) is 49.4 Å². The van der Waals surface area contributed by atoms with E-state index < -0.39 is 48.3 Å². The van der Waals surface area contributed by atoms with Crippen LogP contribution in [-0.4, -0.2) is 70.9 Å². The van der Waals surface area contributed by atoms with Crippen molar-refractivity contribution in [2.24, 2.45) is 5.18 Å². The fourth-order valence-corrected chi connectivity index (χ4v) is 4.53. The van der Waals surface area contributed by atoms with Crippen molar-refractivity contribution in [1.29, 1.82) is 0 Å². The van der Waals surface area contributed by atoms with Crippen LogP contribution in [0.1, 0.15) is 49.9 Å². The predicted molar refractivity (Wildman–Crippen MR) is 141 cm³/mol. The van der Waals surface area contributed by atoms with Gasteiger partial charge in [-0.15, -0.1) is 0 Å². The van der Waals surface area contributed by atoms with Crippen LogP contribution >= 0.6 is 0 Å². The summed E-state index contributed by atoms with van der Waals surface area (Å²) in [5.41, 5.74) is 2.31. The van der Waals surface area contributed by atoms with E-state index in [1.54, 1.807) is 12.1 Å². The van der Waals surface area contributed by atoms with Gasteiger partial charge in [0.2, 0.25) is 5.91 Å². The highest BCUT2D eigenvalue weighted by Crippen LogP contribution is 2.28. The Morgan fingerprint density at radius 1 is 1.05 bits per heavy atom. The van der Waals surface area contributed by atoms with Crippen LogP contribution in [0.25, 0.3) is 11.1 Å². The summed E-state index contributed by atoms with van der Waals surface area (Å²) in [4.78, 5) is 48.6. The minimum Gasteiger partial charge on any atom is -0.388 e. The third-order valence-electron chi connectivity index (χ3n) is 6.64. The number of amides is 2. The molecular weight excluding hydrogens is 490 g/mol. The van der Waals surface area contributed by atoms with Crippen LogP contribution < -0.4 is 10.6 Å². The second-order valence-electron chi connectivity index (χ2n) is 9.51. The minimum atomic E-state index is -1.63. The standard InChI is InChI=1S/C28H35N3O7/c1-3-4-10-22(33)24-15-21(31-37)25(30-17(2)32)27(38-24)26(35)23(34)16-29-28(36)20-13-11-19(12-14-20)18-8-6-5-7-9-18/h5-9,11-14,21,23-27,34-35H,3-4,10,15-16H2,1-2H3,(H,29,36)(H,30,32). The Labute approximate surface area is 221 Å². The van der Waals surface area contributed by atoms with Crippen molar-refractivity contribution in [3.8, 4) is 11.1 Å². The zero-order valence-corrected chi connectivity index (χ0v) is 21.6. The van der Waals surface area contributed by atoms with Crippen molar-refractivity contribution < 1.29 is 29.3 Å².